The Morgan fingerprint density at radius 2 is 1.04 bits per heavy atom. The van der Waals surface area contributed by atoms with Crippen molar-refractivity contribution in [2.24, 2.45) is 0 Å². The van der Waals surface area contributed by atoms with Gasteiger partial charge in [0, 0.05) is 10.8 Å². The topological polar surface area (TPSA) is 82.1 Å². The number of nitrogens with zero attached hydrogens (tertiary/aromatic N) is 6. The van der Waals surface area contributed by atoms with Crippen molar-refractivity contribution < 1.29 is 0 Å². The maximum Gasteiger partial charge on any atom is 0.265 e. The molecule has 2 aromatic heterocycles. The Bertz CT molecular complexity index is 2090. The van der Waals surface area contributed by atoms with Crippen LogP contribution in [-0.4, -0.2) is 9.97 Å². The van der Waals surface area contributed by atoms with E-state index in [0.29, 0.717) is 0 Å². The molecule has 9 rings (SSSR count). The number of nitriles is 2. The molecule has 2 saturated carbocycles. The van der Waals surface area contributed by atoms with Gasteiger partial charge in [0.1, 0.15) is 10.0 Å². The first kappa shape index (κ1) is 31.4. The summed E-state index contributed by atoms with van der Waals surface area (Å²) in [5.41, 5.74) is 12.5. The Kier molecular flexibility index (Phi) is 7.55. The van der Waals surface area contributed by atoms with E-state index in [1.54, 1.807) is 0 Å². The van der Waals surface area contributed by atoms with Crippen LogP contribution in [0.25, 0.3) is 41.7 Å². The van der Waals surface area contributed by atoms with Crippen LogP contribution >= 0.6 is 22.7 Å². The summed E-state index contributed by atoms with van der Waals surface area (Å²) in [6.07, 6.45) is 21.3. The number of hydrogen-bond donors (Lipinski definition) is 0. The minimum atomic E-state index is -0.0794. The molecule has 246 valence electrons. The summed E-state index contributed by atoms with van der Waals surface area (Å²) in [5.74, 6) is 0. The second kappa shape index (κ2) is 12.0. The molecule has 0 saturated heterocycles. The maximum absolute atomic E-state index is 9.58. The Morgan fingerprint density at radius 1 is 0.620 bits per heavy atom. The zero-order chi connectivity index (χ0) is 34.0. The lowest BCUT2D eigenvalue weighted by Gasteiger charge is -2.36. The lowest BCUT2D eigenvalue weighted by atomic mass is 9.67. The quantitative estimate of drug-likeness (QED) is 0.198. The molecule has 0 N–H and O–H groups in total. The van der Waals surface area contributed by atoms with Crippen molar-refractivity contribution in [2.75, 3.05) is 0 Å². The highest BCUT2D eigenvalue weighted by Gasteiger charge is 2.52. The average molecular weight is 689 g/mol. The number of rotatable bonds is 2. The van der Waals surface area contributed by atoms with Gasteiger partial charge in [-0.3, -0.25) is 0 Å². The first-order valence-corrected chi connectivity index (χ1v) is 19.8. The molecule has 2 heterocycles. The number of benzene rings is 1. The summed E-state index contributed by atoms with van der Waals surface area (Å²) in [4.78, 5) is 20.7. The van der Waals surface area contributed by atoms with E-state index in [-0.39, 0.29) is 22.2 Å². The molecule has 3 aromatic rings. The molecule has 0 atom stereocenters. The second-order valence-corrected chi connectivity index (χ2v) is 16.9. The molecule has 0 bridgehead atoms. The van der Waals surface area contributed by atoms with Crippen LogP contribution in [0, 0.1) is 35.8 Å². The lowest BCUT2D eigenvalue weighted by molar-refractivity contribution is 0.343. The van der Waals surface area contributed by atoms with E-state index in [1.165, 1.54) is 93.1 Å². The van der Waals surface area contributed by atoms with E-state index in [9.17, 15) is 10.5 Å². The molecule has 0 amide bonds. The van der Waals surface area contributed by atoms with Crippen molar-refractivity contribution in [1.82, 2.24) is 9.97 Å². The second-order valence-electron chi connectivity index (χ2n) is 14.9. The Labute approximate surface area is 301 Å². The molecule has 2 spiro atoms. The van der Waals surface area contributed by atoms with Crippen molar-refractivity contribution in [3.05, 3.63) is 102 Å². The molecule has 50 heavy (non-hydrogen) atoms. The fraction of sp³-hybridized carbons (Fsp3) is 0.429. The number of thiazole rings is 2. The largest absolute Gasteiger partial charge is 0.265 e. The van der Waals surface area contributed by atoms with Gasteiger partial charge < -0.3 is 0 Å². The predicted molar refractivity (Wildman–Crippen MR) is 199 cm³/mol. The van der Waals surface area contributed by atoms with Crippen molar-refractivity contribution in [3.8, 4) is 33.0 Å². The predicted octanol–water partition coefficient (Wildman–Crippen LogP) is 11.6. The van der Waals surface area contributed by atoms with Crippen LogP contribution < -0.4 is 0 Å². The fourth-order valence-electron chi connectivity index (χ4n) is 9.97. The molecule has 0 aliphatic heterocycles. The standard InChI is InChI=1S/C42H36N6S2/c1-45-33(23-43)25-11-9-13-27(19-25)39-47-37-35(49-39)29-21-32-30(22-31(29)41(37)15-5-3-6-16-41)36-38(42(32)17-7-4-8-18-42)48-40(50-36)28-14-10-12-26(20-28)34(24-44)46-2/h19-22H,3-18H2/b33-25-,34-26+. The lowest BCUT2D eigenvalue weighted by Crippen LogP contribution is -2.30. The number of hydrogen-bond acceptors (Lipinski definition) is 6. The average Bonchev–Trinajstić information content (AvgIpc) is 3.92. The van der Waals surface area contributed by atoms with Crippen molar-refractivity contribution in [3.63, 3.8) is 0 Å². The molecule has 0 unspecified atom stereocenters. The third-order valence-corrected chi connectivity index (χ3v) is 14.7. The minimum Gasteiger partial charge on any atom is -0.240 e. The van der Waals surface area contributed by atoms with Crippen LogP contribution in [0.3, 0.4) is 0 Å². The van der Waals surface area contributed by atoms with Gasteiger partial charge >= 0.3 is 0 Å². The van der Waals surface area contributed by atoms with E-state index in [2.05, 4.69) is 46.1 Å². The molecular weight excluding hydrogens is 653 g/mol. The molecule has 8 heteroatoms. The van der Waals surface area contributed by atoms with Gasteiger partial charge in [0.15, 0.2) is 0 Å². The van der Waals surface area contributed by atoms with Gasteiger partial charge in [0.2, 0.25) is 0 Å². The smallest absolute Gasteiger partial charge is 0.240 e. The number of fused-ring (bicyclic) bond motifs is 10. The third-order valence-electron chi connectivity index (χ3n) is 12.3. The molecule has 6 nitrogen and oxygen atoms in total. The van der Waals surface area contributed by atoms with Crippen molar-refractivity contribution >= 4 is 33.8 Å². The highest BCUT2D eigenvalue weighted by Crippen LogP contribution is 2.64. The Balaban J connectivity index is 1.21. The normalized spacial score (nSPS) is 22.9. The van der Waals surface area contributed by atoms with Crippen LogP contribution in [0.15, 0.2) is 46.8 Å². The van der Waals surface area contributed by atoms with Gasteiger partial charge in [-0.1, -0.05) is 50.7 Å². The summed E-state index contributed by atoms with van der Waals surface area (Å²) in [6, 6.07) is 9.36. The summed E-state index contributed by atoms with van der Waals surface area (Å²) in [6.45, 7) is 15.0. The molecule has 2 fully saturated rings. The molecule has 1 aromatic carbocycles. The summed E-state index contributed by atoms with van der Waals surface area (Å²) >= 11 is 3.66. The Morgan fingerprint density at radius 3 is 1.42 bits per heavy atom. The van der Waals surface area contributed by atoms with Gasteiger partial charge in [-0.15, -0.1) is 22.7 Å². The first-order valence-electron chi connectivity index (χ1n) is 18.2. The summed E-state index contributed by atoms with van der Waals surface area (Å²) in [7, 11) is 0. The van der Waals surface area contributed by atoms with E-state index in [4.69, 9.17) is 23.1 Å². The summed E-state index contributed by atoms with van der Waals surface area (Å²) in [5, 5.41) is 21.3. The van der Waals surface area contributed by atoms with Gasteiger partial charge in [-0.05, 0) is 121 Å². The van der Waals surface area contributed by atoms with E-state index < -0.39 is 0 Å². The Hall–Kier alpha value is -4.60. The SMILES string of the molecule is [C-]#[N+]/C(C#N)=C1\C=C(c2nc3c(s2)-c2cc4c(cc2C32CCCCC2)-c2sc(C3=C/C(=C(\C#N)[N+]#[C-])CCC3)nc2C42CCCCC2)CCC1. The minimum absolute atomic E-state index is 0.0794. The number of aromatic nitrogens is 2. The first-order chi connectivity index (χ1) is 24.5. The van der Waals surface area contributed by atoms with Crippen LogP contribution in [-0.2, 0) is 10.8 Å². The zero-order valence-corrected chi connectivity index (χ0v) is 29.8. The molecule has 0 radical (unpaired) electrons. The highest BCUT2D eigenvalue weighted by molar-refractivity contribution is 7.17. The fourth-order valence-corrected chi connectivity index (χ4v) is 12.4. The third kappa shape index (κ3) is 4.52. The van der Waals surface area contributed by atoms with Gasteiger partial charge in [-0.25, -0.2) is 30.2 Å². The van der Waals surface area contributed by atoms with Crippen molar-refractivity contribution in [1.29, 1.82) is 10.5 Å². The van der Waals surface area contributed by atoms with Crippen LogP contribution in [0.2, 0.25) is 0 Å². The van der Waals surface area contributed by atoms with Crippen LogP contribution in [0.5, 0.6) is 0 Å². The summed E-state index contributed by atoms with van der Waals surface area (Å²) < 4.78 is 0. The highest BCUT2D eigenvalue weighted by atomic mass is 32.1. The van der Waals surface area contributed by atoms with E-state index in [1.807, 2.05) is 22.7 Å². The maximum atomic E-state index is 9.58. The zero-order valence-electron chi connectivity index (χ0n) is 28.1. The van der Waals surface area contributed by atoms with Gasteiger partial charge in [-0.2, -0.15) is 0 Å². The number of allylic oxidation sites excluding steroid dienone is 8. The molecule has 6 aliphatic rings. The molecule has 6 aliphatic carbocycles. The van der Waals surface area contributed by atoms with E-state index >= 15 is 0 Å². The van der Waals surface area contributed by atoms with Crippen LogP contribution in [0.1, 0.15) is 135 Å². The van der Waals surface area contributed by atoms with Gasteiger partial charge in [0.25, 0.3) is 11.4 Å². The van der Waals surface area contributed by atoms with E-state index in [0.717, 1.165) is 85.4 Å². The van der Waals surface area contributed by atoms with Crippen LogP contribution in [0.4, 0.5) is 0 Å². The monoisotopic (exact) mass is 688 g/mol. The molecular formula is C42H36N6S2. The van der Waals surface area contributed by atoms with Crippen molar-refractivity contribution in [2.45, 2.75) is 114 Å². The van der Waals surface area contributed by atoms with Gasteiger partial charge in [0.05, 0.1) is 46.4 Å².